The Hall–Kier alpha value is -4.05. The number of benzene rings is 3. The summed E-state index contributed by atoms with van der Waals surface area (Å²) in [6.45, 7) is 2.05. The Morgan fingerprint density at radius 1 is 0.902 bits per heavy atom. The molecule has 0 saturated carbocycles. The lowest BCUT2D eigenvalue weighted by atomic mass is 10.0. The second-order valence-corrected chi connectivity index (χ2v) is 11.6. The first-order chi connectivity index (χ1) is 19.7. The highest BCUT2D eigenvalue weighted by Crippen LogP contribution is 2.30. The number of hydrogen-bond donors (Lipinski definition) is 1. The monoisotopic (exact) mass is 581 g/mol. The molecule has 9 nitrogen and oxygen atoms in total. The Balaban J connectivity index is 2.07. The molecule has 1 atom stereocenters. The van der Waals surface area contributed by atoms with Crippen molar-refractivity contribution in [2.45, 2.75) is 38.8 Å². The second-order valence-electron chi connectivity index (χ2n) is 9.66. The molecule has 0 aliphatic rings. The molecule has 0 saturated heterocycles. The van der Waals surface area contributed by atoms with Crippen molar-refractivity contribution in [1.29, 1.82) is 0 Å². The van der Waals surface area contributed by atoms with E-state index in [2.05, 4.69) is 5.32 Å². The topological polar surface area (TPSA) is 105 Å². The maximum absolute atomic E-state index is 14.2. The second kappa shape index (κ2) is 15.1. The number of methoxy groups -OCH3 is 2. The van der Waals surface area contributed by atoms with Gasteiger partial charge in [-0.25, -0.2) is 8.42 Å². The van der Waals surface area contributed by atoms with Gasteiger partial charge in [-0.3, -0.25) is 13.9 Å². The number of nitrogens with zero attached hydrogens (tertiary/aromatic N) is 2. The predicted octanol–water partition coefficient (Wildman–Crippen LogP) is 4.03. The fourth-order valence-corrected chi connectivity index (χ4v) is 5.31. The largest absolute Gasteiger partial charge is 0.497 e. The number of carbonyl (C=O) groups is 2. The molecule has 3 rings (SSSR count). The first-order valence-electron chi connectivity index (χ1n) is 13.5. The number of hydrogen-bond acceptors (Lipinski definition) is 6. The smallest absolute Gasteiger partial charge is 0.244 e. The van der Waals surface area contributed by atoms with E-state index < -0.39 is 28.5 Å². The minimum absolute atomic E-state index is 0.0677. The van der Waals surface area contributed by atoms with Gasteiger partial charge < -0.3 is 19.7 Å². The van der Waals surface area contributed by atoms with Crippen molar-refractivity contribution in [2.75, 3.05) is 37.9 Å². The van der Waals surface area contributed by atoms with Crippen LogP contribution in [0.15, 0.2) is 78.9 Å². The summed E-state index contributed by atoms with van der Waals surface area (Å²) < 4.78 is 37.7. The van der Waals surface area contributed by atoms with Gasteiger partial charge in [0.05, 0.1) is 26.2 Å². The molecule has 3 aromatic rings. The van der Waals surface area contributed by atoms with E-state index in [1.54, 1.807) is 43.5 Å². The van der Waals surface area contributed by atoms with Crippen LogP contribution in [0.2, 0.25) is 0 Å². The number of rotatable bonds is 15. The third-order valence-electron chi connectivity index (χ3n) is 6.62. The van der Waals surface area contributed by atoms with Crippen molar-refractivity contribution in [1.82, 2.24) is 10.2 Å². The van der Waals surface area contributed by atoms with E-state index in [4.69, 9.17) is 9.47 Å². The fraction of sp³-hybridized carbons (Fsp3) is 0.355. The van der Waals surface area contributed by atoms with Crippen LogP contribution in [-0.2, 0) is 32.6 Å². The molecule has 41 heavy (non-hydrogen) atoms. The van der Waals surface area contributed by atoms with Crippen LogP contribution < -0.4 is 19.1 Å². The summed E-state index contributed by atoms with van der Waals surface area (Å²) in [6, 6.07) is 22.4. The minimum atomic E-state index is -3.90. The normalized spacial score (nSPS) is 11.8. The Bertz CT molecular complexity index is 1400. The van der Waals surface area contributed by atoms with Crippen molar-refractivity contribution in [3.8, 4) is 11.5 Å². The first-order valence-corrected chi connectivity index (χ1v) is 15.4. The van der Waals surface area contributed by atoms with E-state index >= 15 is 0 Å². The molecule has 1 N–H and O–H groups in total. The highest BCUT2D eigenvalue weighted by atomic mass is 32.2. The van der Waals surface area contributed by atoms with Gasteiger partial charge in [-0.1, -0.05) is 67.9 Å². The maximum Gasteiger partial charge on any atom is 0.244 e. The van der Waals surface area contributed by atoms with Gasteiger partial charge in [0.15, 0.2) is 0 Å². The van der Waals surface area contributed by atoms with Gasteiger partial charge in [-0.15, -0.1) is 0 Å². The quantitative estimate of drug-likeness (QED) is 0.272. The number of para-hydroxylation sites is 2. The van der Waals surface area contributed by atoms with E-state index in [1.807, 2.05) is 49.4 Å². The Kier molecular flexibility index (Phi) is 11.6. The summed E-state index contributed by atoms with van der Waals surface area (Å²) in [4.78, 5) is 29.3. The summed E-state index contributed by atoms with van der Waals surface area (Å²) in [5.74, 6) is 0.0781. The van der Waals surface area contributed by atoms with Crippen LogP contribution in [0, 0.1) is 0 Å². The standard InChI is InChI=1S/C31H39N3O6S/c1-5-6-19-32-31(36)28(21-24-13-8-7-9-14-24)33(22-25-15-12-16-26(20-25)39-2)30(35)23-34(41(4,37)38)27-17-10-11-18-29(27)40-3/h7-18,20,28H,5-6,19,21-23H2,1-4H3,(H,32,36)/t28-/m1/s1. The number of amides is 2. The van der Waals surface area contributed by atoms with E-state index in [-0.39, 0.29) is 24.6 Å². The Morgan fingerprint density at radius 3 is 2.24 bits per heavy atom. The minimum Gasteiger partial charge on any atom is -0.497 e. The molecule has 0 spiro atoms. The third kappa shape index (κ3) is 8.97. The molecule has 0 unspecified atom stereocenters. The maximum atomic E-state index is 14.2. The number of ether oxygens (including phenoxy) is 2. The summed E-state index contributed by atoms with van der Waals surface area (Å²) in [7, 11) is -0.908. The molecular formula is C31H39N3O6S. The molecule has 0 heterocycles. The van der Waals surface area contributed by atoms with E-state index in [1.165, 1.54) is 12.0 Å². The van der Waals surface area contributed by atoms with Crippen LogP contribution in [0.25, 0.3) is 0 Å². The van der Waals surface area contributed by atoms with E-state index in [0.717, 1.165) is 34.5 Å². The molecular weight excluding hydrogens is 542 g/mol. The van der Waals surface area contributed by atoms with Gasteiger partial charge in [0, 0.05) is 19.5 Å². The summed E-state index contributed by atoms with van der Waals surface area (Å²) in [6.07, 6.45) is 2.99. The van der Waals surface area contributed by atoms with Gasteiger partial charge in [0.2, 0.25) is 21.8 Å². The highest BCUT2D eigenvalue weighted by Gasteiger charge is 2.33. The van der Waals surface area contributed by atoms with Crippen molar-refractivity contribution in [3.63, 3.8) is 0 Å². The van der Waals surface area contributed by atoms with Crippen molar-refractivity contribution < 1.29 is 27.5 Å². The van der Waals surface area contributed by atoms with Crippen LogP contribution >= 0.6 is 0 Å². The van der Waals surface area contributed by atoms with Gasteiger partial charge in [-0.05, 0) is 41.8 Å². The molecule has 0 fully saturated rings. The van der Waals surface area contributed by atoms with Gasteiger partial charge >= 0.3 is 0 Å². The zero-order chi connectivity index (χ0) is 29.8. The molecule has 220 valence electrons. The zero-order valence-electron chi connectivity index (χ0n) is 24.1. The summed E-state index contributed by atoms with van der Waals surface area (Å²) in [5.41, 5.74) is 1.84. The highest BCUT2D eigenvalue weighted by molar-refractivity contribution is 7.92. The van der Waals surface area contributed by atoms with Crippen LogP contribution in [0.4, 0.5) is 5.69 Å². The van der Waals surface area contributed by atoms with Crippen molar-refractivity contribution in [3.05, 3.63) is 90.0 Å². The number of nitrogens with one attached hydrogen (secondary N) is 1. The van der Waals surface area contributed by atoms with Gasteiger partial charge in [0.25, 0.3) is 0 Å². The fourth-order valence-electron chi connectivity index (χ4n) is 4.46. The number of unbranched alkanes of at least 4 members (excludes halogenated alkanes) is 1. The number of anilines is 1. The number of sulfonamides is 1. The molecule has 0 aliphatic carbocycles. The van der Waals surface area contributed by atoms with E-state index in [9.17, 15) is 18.0 Å². The number of carbonyl (C=O) groups excluding carboxylic acids is 2. The third-order valence-corrected chi connectivity index (χ3v) is 7.75. The Morgan fingerprint density at radius 2 is 1.59 bits per heavy atom. The lowest BCUT2D eigenvalue weighted by Crippen LogP contribution is -2.53. The zero-order valence-corrected chi connectivity index (χ0v) is 24.9. The predicted molar refractivity (Wildman–Crippen MR) is 161 cm³/mol. The van der Waals surface area contributed by atoms with Crippen LogP contribution in [0.5, 0.6) is 11.5 Å². The van der Waals surface area contributed by atoms with Gasteiger partial charge in [-0.2, -0.15) is 0 Å². The molecule has 0 bridgehead atoms. The SMILES string of the molecule is CCCCNC(=O)[C@@H](Cc1ccccc1)N(Cc1cccc(OC)c1)C(=O)CN(c1ccccc1OC)S(C)(=O)=O. The van der Waals surface area contributed by atoms with Crippen LogP contribution in [0.3, 0.4) is 0 Å². The molecule has 10 heteroatoms. The lowest BCUT2D eigenvalue weighted by Gasteiger charge is -2.33. The molecule has 2 amide bonds. The average molecular weight is 582 g/mol. The first kappa shape index (κ1) is 31.5. The van der Waals surface area contributed by atoms with E-state index in [0.29, 0.717) is 18.0 Å². The van der Waals surface area contributed by atoms with Gasteiger partial charge in [0.1, 0.15) is 24.1 Å². The van der Waals surface area contributed by atoms with Crippen molar-refractivity contribution in [2.24, 2.45) is 0 Å². The van der Waals surface area contributed by atoms with Crippen molar-refractivity contribution >= 4 is 27.5 Å². The molecule has 3 aromatic carbocycles. The molecule has 0 radical (unpaired) electrons. The molecule has 0 aromatic heterocycles. The molecule has 0 aliphatic heterocycles. The Labute approximate surface area is 243 Å². The summed E-state index contributed by atoms with van der Waals surface area (Å²) in [5, 5.41) is 2.97. The van der Waals surface area contributed by atoms with Crippen LogP contribution in [0.1, 0.15) is 30.9 Å². The van der Waals surface area contributed by atoms with Crippen LogP contribution in [-0.4, -0.2) is 64.7 Å². The lowest BCUT2D eigenvalue weighted by molar-refractivity contribution is -0.140. The summed E-state index contributed by atoms with van der Waals surface area (Å²) >= 11 is 0. The average Bonchev–Trinajstić information content (AvgIpc) is 2.97.